The predicted molar refractivity (Wildman–Crippen MR) is 84.7 cm³/mol. The van der Waals surface area contributed by atoms with Gasteiger partial charge < -0.3 is 4.74 Å². The molecule has 0 saturated carbocycles. The molecular formula is C17H15N3O2. The number of amides is 1. The van der Waals surface area contributed by atoms with Crippen LogP contribution in [-0.4, -0.2) is 15.9 Å². The van der Waals surface area contributed by atoms with Crippen LogP contribution in [-0.2, 0) is 7.05 Å². The average Bonchev–Trinajstić information content (AvgIpc) is 2.89. The van der Waals surface area contributed by atoms with Gasteiger partial charge in [-0.1, -0.05) is 48.5 Å². The summed E-state index contributed by atoms with van der Waals surface area (Å²) in [6.45, 7) is 0. The molecule has 0 atom stereocenters. The van der Waals surface area contributed by atoms with Crippen LogP contribution in [0.2, 0.25) is 0 Å². The smallest absolute Gasteiger partial charge is 0.410 e. The van der Waals surface area contributed by atoms with Crippen molar-refractivity contribution in [2.75, 3.05) is 5.32 Å². The van der Waals surface area contributed by atoms with Crippen molar-refractivity contribution in [3.05, 3.63) is 66.9 Å². The highest BCUT2D eigenvalue weighted by Crippen LogP contribution is 2.27. The van der Waals surface area contributed by atoms with Gasteiger partial charge in [-0.2, -0.15) is 5.10 Å². The molecule has 0 spiro atoms. The van der Waals surface area contributed by atoms with Crippen molar-refractivity contribution in [3.8, 4) is 17.0 Å². The van der Waals surface area contributed by atoms with Gasteiger partial charge in [0.25, 0.3) is 0 Å². The molecule has 5 heteroatoms. The van der Waals surface area contributed by atoms with E-state index in [0.29, 0.717) is 11.4 Å². The Labute approximate surface area is 128 Å². The van der Waals surface area contributed by atoms with E-state index in [1.165, 1.54) is 0 Å². The fraction of sp³-hybridized carbons (Fsp3) is 0.0588. The summed E-state index contributed by atoms with van der Waals surface area (Å²) < 4.78 is 6.95. The fourth-order valence-corrected chi connectivity index (χ4v) is 2.20. The van der Waals surface area contributed by atoms with Crippen molar-refractivity contribution < 1.29 is 9.53 Å². The highest BCUT2D eigenvalue weighted by Gasteiger charge is 2.14. The van der Waals surface area contributed by atoms with E-state index in [2.05, 4.69) is 10.4 Å². The first kappa shape index (κ1) is 13.9. The second-order valence-electron chi connectivity index (χ2n) is 4.72. The van der Waals surface area contributed by atoms with E-state index in [9.17, 15) is 4.79 Å². The molecule has 5 nitrogen and oxygen atoms in total. The van der Waals surface area contributed by atoms with E-state index in [0.717, 1.165) is 11.3 Å². The number of anilines is 1. The van der Waals surface area contributed by atoms with Gasteiger partial charge in [0.05, 0.1) is 17.6 Å². The van der Waals surface area contributed by atoms with Gasteiger partial charge >= 0.3 is 6.09 Å². The van der Waals surface area contributed by atoms with Crippen LogP contribution in [0.5, 0.6) is 5.75 Å². The summed E-state index contributed by atoms with van der Waals surface area (Å²) in [6, 6.07) is 18.7. The second-order valence-corrected chi connectivity index (χ2v) is 4.72. The minimum Gasteiger partial charge on any atom is -0.410 e. The van der Waals surface area contributed by atoms with Crippen molar-refractivity contribution in [2.45, 2.75) is 0 Å². The molecule has 0 unspecified atom stereocenters. The summed E-state index contributed by atoms with van der Waals surface area (Å²) in [5.41, 5.74) is 2.40. The van der Waals surface area contributed by atoms with Gasteiger partial charge in [-0.3, -0.25) is 10.00 Å². The molecule has 1 heterocycles. The summed E-state index contributed by atoms with van der Waals surface area (Å²) in [5.74, 6) is 0.491. The van der Waals surface area contributed by atoms with Gasteiger partial charge in [0.2, 0.25) is 0 Å². The first-order chi connectivity index (χ1) is 10.7. The topological polar surface area (TPSA) is 56.2 Å². The van der Waals surface area contributed by atoms with E-state index in [1.807, 2.05) is 55.6 Å². The number of carbonyl (C=O) groups is 1. The monoisotopic (exact) mass is 293 g/mol. The molecule has 0 aliphatic rings. The fourth-order valence-electron chi connectivity index (χ4n) is 2.20. The van der Waals surface area contributed by atoms with Crippen molar-refractivity contribution in [1.82, 2.24) is 9.78 Å². The Morgan fingerprint density at radius 1 is 1.05 bits per heavy atom. The number of ether oxygens (including phenoxy) is 1. The lowest BCUT2D eigenvalue weighted by atomic mass is 10.1. The number of aryl methyl sites for hydroxylation is 1. The molecule has 110 valence electrons. The van der Waals surface area contributed by atoms with Gasteiger partial charge in [-0.25, -0.2) is 4.79 Å². The van der Waals surface area contributed by atoms with E-state index in [1.54, 1.807) is 23.0 Å². The molecule has 0 radical (unpaired) electrons. The minimum absolute atomic E-state index is 0.491. The van der Waals surface area contributed by atoms with Crippen molar-refractivity contribution in [1.29, 1.82) is 0 Å². The van der Waals surface area contributed by atoms with Crippen molar-refractivity contribution >= 4 is 11.8 Å². The predicted octanol–water partition coefficient (Wildman–Crippen LogP) is 3.70. The SMILES string of the molecule is Cn1ncc(NC(=O)Oc2ccccc2)c1-c1ccccc1. The first-order valence-electron chi connectivity index (χ1n) is 6.85. The lowest BCUT2D eigenvalue weighted by Crippen LogP contribution is -2.17. The highest BCUT2D eigenvalue weighted by atomic mass is 16.6. The molecular weight excluding hydrogens is 278 g/mol. The third-order valence-corrected chi connectivity index (χ3v) is 3.18. The molecule has 1 N–H and O–H groups in total. The van der Waals surface area contributed by atoms with Crippen LogP contribution in [0, 0.1) is 0 Å². The molecule has 1 aromatic heterocycles. The highest BCUT2D eigenvalue weighted by molar-refractivity contribution is 5.91. The molecule has 0 saturated heterocycles. The van der Waals surface area contributed by atoms with Crippen LogP contribution in [0.4, 0.5) is 10.5 Å². The Balaban J connectivity index is 1.80. The number of para-hydroxylation sites is 1. The largest absolute Gasteiger partial charge is 0.417 e. The van der Waals surface area contributed by atoms with Crippen molar-refractivity contribution in [2.24, 2.45) is 7.05 Å². The molecule has 0 aliphatic carbocycles. The average molecular weight is 293 g/mol. The van der Waals surface area contributed by atoms with Crippen LogP contribution in [0.3, 0.4) is 0 Å². The number of rotatable bonds is 3. The van der Waals surface area contributed by atoms with Crippen LogP contribution in [0.25, 0.3) is 11.3 Å². The standard InChI is InChI=1S/C17H15N3O2/c1-20-16(13-8-4-2-5-9-13)15(12-18-20)19-17(21)22-14-10-6-3-7-11-14/h2-12H,1H3,(H,19,21). The summed E-state index contributed by atoms with van der Waals surface area (Å²) in [6.07, 6.45) is 1.06. The molecule has 22 heavy (non-hydrogen) atoms. The summed E-state index contributed by atoms with van der Waals surface area (Å²) in [7, 11) is 1.83. The number of nitrogens with one attached hydrogen (secondary N) is 1. The van der Waals surface area contributed by atoms with E-state index in [-0.39, 0.29) is 0 Å². The summed E-state index contributed by atoms with van der Waals surface area (Å²) in [5, 5.41) is 6.93. The van der Waals surface area contributed by atoms with Gasteiger partial charge in [0, 0.05) is 12.6 Å². The van der Waals surface area contributed by atoms with Gasteiger partial charge in [0.15, 0.2) is 0 Å². The number of hydrogen-bond donors (Lipinski definition) is 1. The molecule has 0 bridgehead atoms. The number of nitrogens with zero attached hydrogens (tertiary/aromatic N) is 2. The number of aromatic nitrogens is 2. The van der Waals surface area contributed by atoms with Crippen LogP contribution in [0.1, 0.15) is 0 Å². The molecule has 0 fully saturated rings. The van der Waals surface area contributed by atoms with Crippen LogP contribution in [0.15, 0.2) is 66.9 Å². The third-order valence-electron chi connectivity index (χ3n) is 3.18. The Bertz CT molecular complexity index is 767. The van der Waals surface area contributed by atoms with Gasteiger partial charge in [-0.15, -0.1) is 0 Å². The molecule has 2 aromatic carbocycles. The lowest BCUT2D eigenvalue weighted by molar-refractivity contribution is 0.215. The Morgan fingerprint density at radius 2 is 1.68 bits per heavy atom. The second kappa shape index (κ2) is 6.13. The van der Waals surface area contributed by atoms with E-state index >= 15 is 0 Å². The summed E-state index contributed by atoms with van der Waals surface area (Å²) in [4.78, 5) is 12.0. The summed E-state index contributed by atoms with van der Waals surface area (Å²) >= 11 is 0. The first-order valence-corrected chi connectivity index (χ1v) is 6.85. The number of hydrogen-bond acceptors (Lipinski definition) is 3. The van der Waals surface area contributed by atoms with Crippen molar-refractivity contribution in [3.63, 3.8) is 0 Å². The minimum atomic E-state index is -0.545. The molecule has 1 amide bonds. The molecule has 3 rings (SSSR count). The van der Waals surface area contributed by atoms with E-state index in [4.69, 9.17) is 4.74 Å². The third kappa shape index (κ3) is 2.98. The maximum absolute atomic E-state index is 12.0. The molecule has 0 aliphatic heterocycles. The normalized spacial score (nSPS) is 10.2. The maximum atomic E-state index is 12.0. The Morgan fingerprint density at radius 3 is 2.36 bits per heavy atom. The number of benzene rings is 2. The molecule has 3 aromatic rings. The zero-order valence-electron chi connectivity index (χ0n) is 12.1. The Hall–Kier alpha value is -3.08. The zero-order chi connectivity index (χ0) is 15.4. The number of carbonyl (C=O) groups excluding carboxylic acids is 1. The van der Waals surface area contributed by atoms with Gasteiger partial charge in [0.1, 0.15) is 5.75 Å². The van der Waals surface area contributed by atoms with E-state index < -0.39 is 6.09 Å². The van der Waals surface area contributed by atoms with Crippen LogP contribution >= 0.6 is 0 Å². The van der Waals surface area contributed by atoms with Crippen LogP contribution < -0.4 is 10.1 Å². The maximum Gasteiger partial charge on any atom is 0.417 e. The lowest BCUT2D eigenvalue weighted by Gasteiger charge is -2.08. The zero-order valence-corrected chi connectivity index (χ0v) is 12.1. The quantitative estimate of drug-likeness (QED) is 0.801. The van der Waals surface area contributed by atoms with Gasteiger partial charge in [-0.05, 0) is 12.1 Å². The Kier molecular flexibility index (Phi) is 3.87.